The topological polar surface area (TPSA) is 103 Å². The van der Waals surface area contributed by atoms with Crippen LogP contribution in [0.3, 0.4) is 0 Å². The van der Waals surface area contributed by atoms with E-state index in [0.717, 1.165) is 5.56 Å². The molecule has 0 aliphatic rings. The standard InChI is InChI=1S/C14H18N4O4S/c1-10(11-5-3-6-12(9-11)18(20)21)23-14-16-15-13(19)17(14)7-4-8-22-2/h3,5-6,9-10H,4,7-8H2,1-2H3,(H,15,19)/t10-/m0/s1. The number of nitro groups is 1. The monoisotopic (exact) mass is 338 g/mol. The van der Waals surface area contributed by atoms with Crippen LogP contribution >= 0.6 is 11.8 Å². The van der Waals surface area contributed by atoms with Crippen molar-refractivity contribution >= 4 is 17.4 Å². The Morgan fingerprint density at radius 3 is 3.00 bits per heavy atom. The lowest BCUT2D eigenvalue weighted by Crippen LogP contribution is -2.18. The van der Waals surface area contributed by atoms with E-state index in [4.69, 9.17) is 4.74 Å². The number of hydrogen-bond acceptors (Lipinski definition) is 6. The molecular formula is C14H18N4O4S. The molecule has 0 amide bonds. The molecule has 8 nitrogen and oxygen atoms in total. The first kappa shape index (κ1) is 17.2. The van der Waals surface area contributed by atoms with Crippen molar-refractivity contribution in [2.75, 3.05) is 13.7 Å². The second-order valence-electron chi connectivity index (χ2n) is 4.92. The highest BCUT2D eigenvalue weighted by Gasteiger charge is 2.16. The summed E-state index contributed by atoms with van der Waals surface area (Å²) in [5, 5.41) is 17.8. The first-order valence-corrected chi connectivity index (χ1v) is 7.96. The van der Waals surface area contributed by atoms with Crippen LogP contribution in [0.2, 0.25) is 0 Å². The van der Waals surface area contributed by atoms with Crippen LogP contribution in [-0.2, 0) is 11.3 Å². The maximum absolute atomic E-state index is 11.8. The van der Waals surface area contributed by atoms with Crippen LogP contribution in [-0.4, -0.2) is 33.4 Å². The molecule has 2 aromatic rings. The summed E-state index contributed by atoms with van der Waals surface area (Å²) < 4.78 is 6.54. The summed E-state index contributed by atoms with van der Waals surface area (Å²) in [6.45, 7) is 2.98. The van der Waals surface area contributed by atoms with Gasteiger partial charge in [0.15, 0.2) is 5.16 Å². The molecule has 0 spiro atoms. The van der Waals surface area contributed by atoms with Crippen LogP contribution < -0.4 is 5.69 Å². The molecule has 23 heavy (non-hydrogen) atoms. The third-order valence-corrected chi connectivity index (χ3v) is 4.43. The summed E-state index contributed by atoms with van der Waals surface area (Å²) in [5.74, 6) is 0. The van der Waals surface area contributed by atoms with Crippen LogP contribution in [0.15, 0.2) is 34.2 Å². The van der Waals surface area contributed by atoms with E-state index in [1.165, 1.54) is 23.9 Å². The minimum absolute atomic E-state index is 0.0504. The Labute approximate surface area is 137 Å². The normalized spacial score (nSPS) is 12.3. The van der Waals surface area contributed by atoms with Gasteiger partial charge in [-0.15, -0.1) is 5.10 Å². The van der Waals surface area contributed by atoms with E-state index in [1.54, 1.807) is 17.7 Å². The molecule has 0 aliphatic heterocycles. The molecule has 0 saturated heterocycles. The van der Waals surface area contributed by atoms with E-state index in [0.29, 0.717) is 24.7 Å². The molecular weight excluding hydrogens is 320 g/mol. The van der Waals surface area contributed by atoms with Gasteiger partial charge in [-0.25, -0.2) is 9.89 Å². The van der Waals surface area contributed by atoms with Gasteiger partial charge in [-0.05, 0) is 18.9 Å². The molecule has 0 aliphatic carbocycles. The number of ether oxygens (including phenoxy) is 1. The lowest BCUT2D eigenvalue weighted by Gasteiger charge is -2.11. The lowest BCUT2D eigenvalue weighted by molar-refractivity contribution is -0.384. The van der Waals surface area contributed by atoms with Gasteiger partial charge in [0.1, 0.15) is 0 Å². The molecule has 1 aromatic carbocycles. The second kappa shape index (κ2) is 7.93. The maximum Gasteiger partial charge on any atom is 0.343 e. The summed E-state index contributed by atoms with van der Waals surface area (Å²) in [6.07, 6.45) is 0.703. The first-order valence-electron chi connectivity index (χ1n) is 7.08. The zero-order valence-electron chi connectivity index (χ0n) is 12.9. The van der Waals surface area contributed by atoms with Crippen molar-refractivity contribution in [3.63, 3.8) is 0 Å². The number of aromatic nitrogens is 3. The summed E-state index contributed by atoms with van der Waals surface area (Å²) in [6, 6.07) is 6.47. The van der Waals surface area contributed by atoms with Gasteiger partial charge in [-0.3, -0.25) is 14.7 Å². The molecule has 0 unspecified atom stereocenters. The Bertz CT molecular complexity index is 728. The van der Waals surface area contributed by atoms with Gasteiger partial charge in [0.2, 0.25) is 0 Å². The number of nitrogens with one attached hydrogen (secondary N) is 1. The lowest BCUT2D eigenvalue weighted by atomic mass is 10.1. The number of benzene rings is 1. The number of aromatic amines is 1. The third kappa shape index (κ3) is 4.42. The minimum atomic E-state index is -0.421. The quantitative estimate of drug-likeness (QED) is 0.343. The first-order chi connectivity index (χ1) is 11.0. The Morgan fingerprint density at radius 1 is 1.52 bits per heavy atom. The Morgan fingerprint density at radius 2 is 2.30 bits per heavy atom. The van der Waals surface area contributed by atoms with Crippen molar-refractivity contribution < 1.29 is 9.66 Å². The van der Waals surface area contributed by atoms with E-state index in [-0.39, 0.29) is 16.6 Å². The molecule has 2 rings (SSSR count). The van der Waals surface area contributed by atoms with Crippen molar-refractivity contribution in [2.24, 2.45) is 0 Å². The van der Waals surface area contributed by atoms with Crippen LogP contribution in [0, 0.1) is 10.1 Å². The van der Waals surface area contributed by atoms with Gasteiger partial charge in [0.05, 0.1) is 4.92 Å². The van der Waals surface area contributed by atoms with Gasteiger partial charge in [-0.2, -0.15) is 0 Å². The zero-order chi connectivity index (χ0) is 16.8. The average molecular weight is 338 g/mol. The van der Waals surface area contributed by atoms with Crippen molar-refractivity contribution in [3.05, 3.63) is 50.4 Å². The van der Waals surface area contributed by atoms with E-state index >= 15 is 0 Å². The van der Waals surface area contributed by atoms with Gasteiger partial charge >= 0.3 is 5.69 Å². The number of nitro benzene ring substituents is 1. The Balaban J connectivity index is 2.14. The van der Waals surface area contributed by atoms with Crippen molar-refractivity contribution in [3.8, 4) is 0 Å². The predicted octanol–water partition coefficient (Wildman–Crippen LogP) is 2.37. The average Bonchev–Trinajstić information content (AvgIpc) is 2.88. The molecule has 9 heteroatoms. The largest absolute Gasteiger partial charge is 0.385 e. The molecule has 1 heterocycles. The fraction of sp³-hybridized carbons (Fsp3) is 0.429. The van der Waals surface area contributed by atoms with E-state index in [9.17, 15) is 14.9 Å². The summed E-state index contributed by atoms with van der Waals surface area (Å²) in [4.78, 5) is 22.2. The van der Waals surface area contributed by atoms with Gasteiger partial charge < -0.3 is 4.74 Å². The number of thioether (sulfide) groups is 1. The number of rotatable bonds is 8. The summed E-state index contributed by atoms with van der Waals surface area (Å²) >= 11 is 1.38. The number of hydrogen-bond donors (Lipinski definition) is 1. The van der Waals surface area contributed by atoms with Crippen molar-refractivity contribution in [1.29, 1.82) is 0 Å². The van der Waals surface area contributed by atoms with E-state index in [1.807, 2.05) is 13.0 Å². The van der Waals surface area contributed by atoms with E-state index in [2.05, 4.69) is 10.2 Å². The van der Waals surface area contributed by atoms with Crippen molar-refractivity contribution in [1.82, 2.24) is 14.8 Å². The number of H-pyrrole nitrogens is 1. The predicted molar refractivity (Wildman–Crippen MR) is 86.7 cm³/mol. The SMILES string of the molecule is COCCCn1c(S[C@@H](C)c2cccc([N+](=O)[O-])c2)n[nH]c1=O. The number of non-ortho nitro benzene ring substituents is 1. The Kier molecular flexibility index (Phi) is 5.94. The summed E-state index contributed by atoms with van der Waals surface area (Å²) in [5.41, 5.74) is 0.590. The van der Waals surface area contributed by atoms with Gasteiger partial charge in [0.25, 0.3) is 5.69 Å². The van der Waals surface area contributed by atoms with Crippen LogP contribution in [0.4, 0.5) is 5.69 Å². The molecule has 0 saturated carbocycles. The Hall–Kier alpha value is -2.13. The molecule has 1 aromatic heterocycles. The molecule has 124 valence electrons. The molecule has 1 N–H and O–H groups in total. The summed E-state index contributed by atoms with van der Waals surface area (Å²) in [7, 11) is 1.61. The van der Waals surface area contributed by atoms with Crippen LogP contribution in [0.25, 0.3) is 0 Å². The van der Waals surface area contributed by atoms with Gasteiger partial charge in [0, 0.05) is 37.6 Å². The third-order valence-electron chi connectivity index (χ3n) is 3.29. The zero-order valence-corrected chi connectivity index (χ0v) is 13.7. The molecule has 1 atom stereocenters. The maximum atomic E-state index is 11.8. The molecule has 0 fully saturated rings. The fourth-order valence-corrected chi connectivity index (χ4v) is 3.07. The highest BCUT2D eigenvalue weighted by molar-refractivity contribution is 7.99. The molecule has 0 bridgehead atoms. The second-order valence-corrected chi connectivity index (χ2v) is 6.23. The van der Waals surface area contributed by atoms with Gasteiger partial charge in [-0.1, -0.05) is 23.9 Å². The van der Waals surface area contributed by atoms with Crippen molar-refractivity contribution in [2.45, 2.75) is 30.3 Å². The van der Waals surface area contributed by atoms with E-state index < -0.39 is 4.92 Å². The molecule has 0 radical (unpaired) electrons. The highest BCUT2D eigenvalue weighted by Crippen LogP contribution is 2.34. The number of methoxy groups -OCH3 is 1. The number of nitrogens with zero attached hydrogens (tertiary/aromatic N) is 3. The van der Waals surface area contributed by atoms with Crippen LogP contribution in [0.5, 0.6) is 0 Å². The highest BCUT2D eigenvalue weighted by atomic mass is 32.2. The fourth-order valence-electron chi connectivity index (χ4n) is 2.07. The minimum Gasteiger partial charge on any atom is -0.385 e. The smallest absolute Gasteiger partial charge is 0.343 e. The van der Waals surface area contributed by atoms with Crippen LogP contribution in [0.1, 0.15) is 24.2 Å².